The lowest BCUT2D eigenvalue weighted by Crippen LogP contribution is -2.44. The fourth-order valence-electron chi connectivity index (χ4n) is 1.44. The predicted octanol–water partition coefficient (Wildman–Crippen LogP) is 2.10. The molecule has 19 heavy (non-hydrogen) atoms. The van der Waals surface area contributed by atoms with Crippen molar-refractivity contribution in [2.75, 3.05) is 0 Å². The van der Waals surface area contributed by atoms with E-state index in [1.165, 1.54) is 12.1 Å². The van der Waals surface area contributed by atoms with Crippen molar-refractivity contribution in [2.24, 2.45) is 11.8 Å². The number of nitrogens with one attached hydrogen (secondary N) is 1. The van der Waals surface area contributed by atoms with Gasteiger partial charge in [-0.25, -0.2) is 5.84 Å². The number of amides is 1. The molecule has 0 bridgehead atoms. The van der Waals surface area contributed by atoms with Crippen molar-refractivity contribution in [1.29, 1.82) is 0 Å². The molecule has 0 aromatic heterocycles. The molecule has 1 amide bonds. The summed E-state index contributed by atoms with van der Waals surface area (Å²) in [5, 5.41) is 0. The van der Waals surface area contributed by atoms with Crippen LogP contribution in [0.1, 0.15) is 19.4 Å². The zero-order valence-electron chi connectivity index (χ0n) is 10.5. The molecule has 1 aromatic carbocycles. The van der Waals surface area contributed by atoms with Crippen molar-refractivity contribution in [2.45, 2.75) is 26.1 Å². The number of alkyl halides is 3. The first kappa shape index (κ1) is 15.3. The molecule has 106 valence electrons. The van der Waals surface area contributed by atoms with E-state index in [1.807, 2.05) is 5.43 Å². The van der Waals surface area contributed by atoms with Gasteiger partial charge in [-0.1, -0.05) is 13.8 Å². The molecule has 0 saturated carbocycles. The van der Waals surface area contributed by atoms with Gasteiger partial charge in [-0.3, -0.25) is 10.2 Å². The fourth-order valence-corrected chi connectivity index (χ4v) is 1.44. The van der Waals surface area contributed by atoms with Gasteiger partial charge in [0.2, 0.25) is 0 Å². The van der Waals surface area contributed by atoms with Gasteiger partial charge in [0.15, 0.2) is 6.10 Å². The van der Waals surface area contributed by atoms with Gasteiger partial charge in [-0.15, -0.1) is 0 Å². The predicted molar refractivity (Wildman–Crippen MR) is 63.0 cm³/mol. The van der Waals surface area contributed by atoms with Gasteiger partial charge < -0.3 is 4.74 Å². The minimum atomic E-state index is -4.40. The Morgan fingerprint density at radius 1 is 1.26 bits per heavy atom. The maximum Gasteiger partial charge on any atom is 0.416 e. The second-order valence-corrected chi connectivity index (χ2v) is 4.31. The van der Waals surface area contributed by atoms with Gasteiger partial charge in [0.1, 0.15) is 5.75 Å². The number of nitrogens with two attached hydrogens (primary N) is 1. The van der Waals surface area contributed by atoms with Crippen molar-refractivity contribution in [3.63, 3.8) is 0 Å². The lowest BCUT2D eigenvalue weighted by atomic mass is 10.1. The van der Waals surface area contributed by atoms with Crippen LogP contribution in [0.4, 0.5) is 13.2 Å². The second-order valence-electron chi connectivity index (χ2n) is 4.31. The van der Waals surface area contributed by atoms with E-state index in [1.54, 1.807) is 13.8 Å². The summed E-state index contributed by atoms with van der Waals surface area (Å²) in [7, 11) is 0. The number of carbonyl (C=O) groups is 1. The van der Waals surface area contributed by atoms with Gasteiger partial charge >= 0.3 is 6.18 Å². The van der Waals surface area contributed by atoms with Crippen LogP contribution < -0.4 is 16.0 Å². The number of rotatable bonds is 4. The summed E-state index contributed by atoms with van der Waals surface area (Å²) >= 11 is 0. The van der Waals surface area contributed by atoms with Crippen molar-refractivity contribution >= 4 is 5.91 Å². The van der Waals surface area contributed by atoms with Crippen LogP contribution >= 0.6 is 0 Å². The van der Waals surface area contributed by atoms with E-state index >= 15 is 0 Å². The number of ether oxygens (including phenoxy) is 1. The Hall–Kier alpha value is -1.76. The maximum absolute atomic E-state index is 12.4. The molecule has 3 N–H and O–H groups in total. The molecule has 7 heteroatoms. The van der Waals surface area contributed by atoms with Crippen LogP contribution in [0, 0.1) is 5.92 Å². The molecule has 4 nitrogen and oxygen atoms in total. The Labute approximate surface area is 108 Å². The molecule has 0 radical (unpaired) electrons. The maximum atomic E-state index is 12.4. The summed E-state index contributed by atoms with van der Waals surface area (Å²) in [6.45, 7) is 3.48. The third kappa shape index (κ3) is 4.13. The number of hydrogen-bond acceptors (Lipinski definition) is 3. The normalized spacial score (nSPS) is 13.2. The van der Waals surface area contributed by atoms with E-state index in [-0.39, 0.29) is 11.7 Å². The zero-order chi connectivity index (χ0) is 14.6. The Kier molecular flexibility index (Phi) is 4.77. The SMILES string of the molecule is CC(C)C(Oc1ccc(C(F)(F)F)cc1)C(=O)NN. The van der Waals surface area contributed by atoms with E-state index in [4.69, 9.17) is 10.6 Å². The van der Waals surface area contributed by atoms with Crippen molar-refractivity contribution in [3.05, 3.63) is 29.8 Å². The monoisotopic (exact) mass is 276 g/mol. The van der Waals surface area contributed by atoms with E-state index in [0.717, 1.165) is 12.1 Å². The van der Waals surface area contributed by atoms with Crippen molar-refractivity contribution in [1.82, 2.24) is 5.43 Å². The summed E-state index contributed by atoms with van der Waals surface area (Å²) in [4.78, 5) is 11.4. The molecule has 0 aliphatic heterocycles. The largest absolute Gasteiger partial charge is 0.480 e. The quantitative estimate of drug-likeness (QED) is 0.503. The Bertz CT molecular complexity index is 430. The molecule has 1 aromatic rings. The van der Waals surface area contributed by atoms with Crippen molar-refractivity contribution in [3.8, 4) is 5.75 Å². The van der Waals surface area contributed by atoms with E-state index in [9.17, 15) is 18.0 Å². The number of hydrazine groups is 1. The van der Waals surface area contributed by atoms with E-state index in [2.05, 4.69) is 0 Å². The first-order chi connectivity index (χ1) is 8.75. The van der Waals surface area contributed by atoms with Gasteiger partial charge in [0.05, 0.1) is 5.56 Å². The number of halogens is 3. The molecule has 0 heterocycles. The summed E-state index contributed by atoms with van der Waals surface area (Å²) < 4.78 is 42.5. The average Bonchev–Trinajstić information content (AvgIpc) is 2.34. The van der Waals surface area contributed by atoms with Crippen LogP contribution in [0.15, 0.2) is 24.3 Å². The number of carbonyl (C=O) groups excluding carboxylic acids is 1. The second kappa shape index (κ2) is 5.92. The van der Waals surface area contributed by atoms with E-state index < -0.39 is 23.8 Å². The molecule has 0 aliphatic rings. The van der Waals surface area contributed by atoms with Crippen LogP contribution in [0.3, 0.4) is 0 Å². The topological polar surface area (TPSA) is 64.3 Å². The van der Waals surface area contributed by atoms with E-state index in [0.29, 0.717) is 0 Å². The molecule has 0 aliphatic carbocycles. The molecular formula is C12H15F3N2O2. The lowest BCUT2D eigenvalue weighted by molar-refractivity contribution is -0.137. The molecule has 1 atom stereocenters. The highest BCUT2D eigenvalue weighted by molar-refractivity contribution is 5.80. The average molecular weight is 276 g/mol. The smallest absolute Gasteiger partial charge is 0.416 e. The molecule has 0 spiro atoms. The highest BCUT2D eigenvalue weighted by Gasteiger charge is 2.30. The van der Waals surface area contributed by atoms with Crippen LogP contribution in [0.25, 0.3) is 0 Å². The minimum Gasteiger partial charge on any atom is -0.480 e. The number of benzene rings is 1. The molecule has 1 rings (SSSR count). The Morgan fingerprint density at radius 2 is 1.79 bits per heavy atom. The third-order valence-corrected chi connectivity index (χ3v) is 2.45. The summed E-state index contributed by atoms with van der Waals surface area (Å²) in [6, 6.07) is 4.13. The molecule has 0 saturated heterocycles. The van der Waals surface area contributed by atoms with Crippen LogP contribution in [-0.2, 0) is 11.0 Å². The van der Waals surface area contributed by atoms with Crippen LogP contribution in [-0.4, -0.2) is 12.0 Å². The number of hydrogen-bond donors (Lipinski definition) is 2. The van der Waals surface area contributed by atoms with Gasteiger partial charge in [0.25, 0.3) is 5.91 Å². The van der Waals surface area contributed by atoms with Gasteiger partial charge in [0, 0.05) is 0 Å². The zero-order valence-corrected chi connectivity index (χ0v) is 10.5. The van der Waals surface area contributed by atoms with Gasteiger partial charge in [-0.2, -0.15) is 13.2 Å². The standard InChI is InChI=1S/C12H15F3N2O2/c1-7(2)10(11(18)17-16)19-9-5-3-8(4-6-9)12(13,14)15/h3-7,10H,16H2,1-2H3,(H,17,18). The first-order valence-electron chi connectivity index (χ1n) is 5.60. The lowest BCUT2D eigenvalue weighted by Gasteiger charge is -2.21. The van der Waals surface area contributed by atoms with Crippen LogP contribution in [0.2, 0.25) is 0 Å². The van der Waals surface area contributed by atoms with Gasteiger partial charge in [-0.05, 0) is 30.2 Å². The molecule has 0 fully saturated rings. The van der Waals surface area contributed by atoms with Crippen LogP contribution in [0.5, 0.6) is 5.75 Å². The summed E-state index contributed by atoms with van der Waals surface area (Å²) in [5.74, 6) is 4.49. The highest BCUT2D eigenvalue weighted by Crippen LogP contribution is 2.30. The highest BCUT2D eigenvalue weighted by atomic mass is 19.4. The molecular weight excluding hydrogens is 261 g/mol. The minimum absolute atomic E-state index is 0.175. The summed E-state index contributed by atoms with van der Waals surface area (Å²) in [6.07, 6.45) is -5.26. The Morgan fingerprint density at radius 3 is 2.16 bits per heavy atom. The van der Waals surface area contributed by atoms with Crippen molar-refractivity contribution < 1.29 is 22.7 Å². The summed E-state index contributed by atoms with van der Waals surface area (Å²) in [5.41, 5.74) is 1.18. The third-order valence-electron chi connectivity index (χ3n) is 2.45. The first-order valence-corrected chi connectivity index (χ1v) is 5.60. The molecule has 1 unspecified atom stereocenters. The Balaban J connectivity index is 2.84. The fraction of sp³-hybridized carbons (Fsp3) is 0.417.